The molecule has 0 spiro atoms. The summed E-state index contributed by atoms with van der Waals surface area (Å²) in [5.41, 5.74) is 1.33. The quantitative estimate of drug-likeness (QED) is 0.564. The molecule has 0 N–H and O–H groups in total. The molecule has 106 valence electrons. The van der Waals surface area contributed by atoms with Crippen LogP contribution < -0.4 is 0 Å². The molecule has 0 aliphatic rings. The molecule has 1 aromatic carbocycles. The molecular weight excluding hydrogens is 260 g/mol. The maximum absolute atomic E-state index is 2.49. The lowest BCUT2D eigenvalue weighted by Gasteiger charge is -2.27. The Morgan fingerprint density at radius 1 is 0.842 bits per heavy atom. The molecule has 0 saturated carbocycles. The molecule has 0 nitrogen and oxygen atoms in total. The van der Waals surface area contributed by atoms with Crippen molar-refractivity contribution in [1.82, 2.24) is 0 Å². The van der Waals surface area contributed by atoms with Gasteiger partial charge in [-0.2, -0.15) is 0 Å². The van der Waals surface area contributed by atoms with E-state index < -0.39 is 16.1 Å². The Hall–Kier alpha value is -0.606. The lowest BCUT2D eigenvalue weighted by molar-refractivity contribution is 0.795. The lowest BCUT2D eigenvalue weighted by atomic mass is 10.1. The average Bonchev–Trinajstić information content (AvgIpc) is 2.23. The highest BCUT2D eigenvalue weighted by atomic mass is 28.3. The van der Waals surface area contributed by atoms with Gasteiger partial charge in [0.15, 0.2) is 0 Å². The smallest absolute Gasteiger partial charge is 0.0448 e. The van der Waals surface area contributed by atoms with E-state index in [0.29, 0.717) is 0 Å². The number of hydrogen-bond donors (Lipinski definition) is 0. The van der Waals surface area contributed by atoms with Gasteiger partial charge in [0.05, 0.1) is 0 Å². The van der Waals surface area contributed by atoms with Crippen molar-refractivity contribution in [2.75, 3.05) is 0 Å². The van der Waals surface area contributed by atoms with Gasteiger partial charge in [0, 0.05) is 16.1 Å². The van der Waals surface area contributed by atoms with Gasteiger partial charge in [-0.3, -0.25) is 0 Å². The maximum Gasteiger partial charge on any atom is 0.0448 e. The van der Waals surface area contributed by atoms with Crippen LogP contribution in [0.5, 0.6) is 0 Å². The summed E-state index contributed by atoms with van der Waals surface area (Å²) in [6.07, 6.45) is 4.80. The topological polar surface area (TPSA) is 0 Å². The fourth-order valence-corrected chi connectivity index (χ4v) is 6.59. The average molecular weight is 291 g/mol. The molecule has 0 amide bonds. The van der Waals surface area contributed by atoms with Gasteiger partial charge >= 0.3 is 0 Å². The first-order valence-corrected chi connectivity index (χ1v) is 14.8. The molecule has 0 aliphatic carbocycles. The predicted octanol–water partition coefficient (Wildman–Crippen LogP) is 5.99. The Morgan fingerprint density at radius 2 is 1.32 bits per heavy atom. The molecule has 2 heteroatoms. The monoisotopic (exact) mass is 290 g/mol. The Kier molecular flexibility index (Phi) is 5.81. The summed E-state index contributed by atoms with van der Waals surface area (Å²) in [4.78, 5) is 0. The van der Waals surface area contributed by atoms with Gasteiger partial charge in [0.1, 0.15) is 0 Å². The molecule has 0 bridgehead atoms. The van der Waals surface area contributed by atoms with Gasteiger partial charge in [-0.1, -0.05) is 93.9 Å². The van der Waals surface area contributed by atoms with Crippen molar-refractivity contribution in [1.29, 1.82) is 0 Å². The van der Waals surface area contributed by atoms with Crippen LogP contribution in [0.3, 0.4) is 0 Å². The lowest BCUT2D eigenvalue weighted by Crippen LogP contribution is -2.29. The van der Waals surface area contributed by atoms with E-state index in [-0.39, 0.29) is 0 Å². The van der Waals surface area contributed by atoms with Crippen LogP contribution in [0.2, 0.25) is 51.4 Å². The third-order valence-corrected chi connectivity index (χ3v) is 6.61. The van der Waals surface area contributed by atoms with Crippen molar-refractivity contribution in [2.45, 2.75) is 51.4 Å². The first-order valence-electron chi connectivity index (χ1n) is 7.39. The normalized spacial score (nSPS) is 13.4. The van der Waals surface area contributed by atoms with Gasteiger partial charge in [0.25, 0.3) is 0 Å². The molecule has 0 heterocycles. The van der Waals surface area contributed by atoms with E-state index in [1.807, 2.05) is 0 Å². The second-order valence-corrected chi connectivity index (χ2v) is 19.1. The van der Waals surface area contributed by atoms with Crippen LogP contribution in [0, 0.1) is 5.92 Å². The van der Waals surface area contributed by atoms with Crippen LogP contribution in [0.1, 0.15) is 5.56 Å². The Balaban J connectivity index is 2.76. The third kappa shape index (κ3) is 8.22. The molecule has 0 radical (unpaired) electrons. The summed E-state index contributed by atoms with van der Waals surface area (Å²) in [5, 5.41) is 0. The number of allylic oxidation sites excluding steroid dienone is 1. The molecule has 0 saturated heterocycles. The van der Waals surface area contributed by atoms with Crippen molar-refractivity contribution in [3.8, 4) is 0 Å². The predicted molar refractivity (Wildman–Crippen MR) is 95.3 cm³/mol. The van der Waals surface area contributed by atoms with Crippen molar-refractivity contribution in [2.24, 2.45) is 5.92 Å². The van der Waals surface area contributed by atoms with Gasteiger partial charge < -0.3 is 0 Å². The molecule has 0 atom stereocenters. The Bertz CT molecular complexity index is 378. The van der Waals surface area contributed by atoms with Crippen LogP contribution in [0.15, 0.2) is 36.4 Å². The molecule has 1 rings (SSSR count). The molecule has 1 aromatic rings. The minimum Gasteiger partial charge on any atom is -0.0814 e. The van der Waals surface area contributed by atoms with Crippen molar-refractivity contribution in [3.05, 3.63) is 42.0 Å². The first kappa shape index (κ1) is 16.4. The number of rotatable bonds is 6. The van der Waals surface area contributed by atoms with Crippen molar-refractivity contribution < 1.29 is 0 Å². The maximum atomic E-state index is 2.49. The fraction of sp³-hybridized carbons (Fsp3) is 0.529. The van der Waals surface area contributed by atoms with Gasteiger partial charge in [-0.15, -0.1) is 0 Å². The number of hydrogen-bond acceptors (Lipinski definition) is 0. The highest BCUT2D eigenvalue weighted by Crippen LogP contribution is 2.27. The van der Waals surface area contributed by atoms with Crippen LogP contribution in [0.4, 0.5) is 0 Å². The van der Waals surface area contributed by atoms with Gasteiger partial charge in [0.2, 0.25) is 0 Å². The van der Waals surface area contributed by atoms with Crippen molar-refractivity contribution >= 4 is 22.2 Å². The molecule has 0 unspecified atom stereocenters. The summed E-state index contributed by atoms with van der Waals surface area (Å²) in [5.74, 6) is 0.776. The zero-order valence-electron chi connectivity index (χ0n) is 13.5. The molecule has 0 aromatic heterocycles. The highest BCUT2D eigenvalue weighted by molar-refractivity contribution is 6.77. The van der Waals surface area contributed by atoms with Crippen LogP contribution in [0.25, 0.3) is 6.08 Å². The minimum absolute atomic E-state index is 0.776. The van der Waals surface area contributed by atoms with Crippen LogP contribution in [-0.4, -0.2) is 16.1 Å². The van der Waals surface area contributed by atoms with Crippen LogP contribution in [-0.2, 0) is 0 Å². The van der Waals surface area contributed by atoms with E-state index in [2.05, 4.69) is 81.8 Å². The van der Waals surface area contributed by atoms with E-state index in [1.54, 1.807) is 0 Å². The number of benzene rings is 1. The summed E-state index contributed by atoms with van der Waals surface area (Å²) in [6, 6.07) is 13.5. The Labute approximate surface area is 122 Å². The second kappa shape index (κ2) is 6.71. The summed E-state index contributed by atoms with van der Waals surface area (Å²) < 4.78 is 0. The van der Waals surface area contributed by atoms with Gasteiger partial charge in [-0.05, 0) is 11.5 Å². The summed E-state index contributed by atoms with van der Waals surface area (Å²) in [7, 11) is -1.97. The minimum atomic E-state index is -0.987. The zero-order chi connectivity index (χ0) is 14.5. The largest absolute Gasteiger partial charge is 0.0814 e. The fourth-order valence-electron chi connectivity index (χ4n) is 2.59. The standard InChI is InChI=1S/C17H30Si2/c1-18(2,3)14-17(15-19(4,5)6)13-12-16-10-8-7-9-11-16/h7-13,17H,14-15H2,1-6H3/b13-12+. The van der Waals surface area contributed by atoms with E-state index in [9.17, 15) is 0 Å². The molecule has 19 heavy (non-hydrogen) atoms. The highest BCUT2D eigenvalue weighted by Gasteiger charge is 2.24. The van der Waals surface area contributed by atoms with Crippen LogP contribution >= 0.6 is 0 Å². The third-order valence-electron chi connectivity index (χ3n) is 3.11. The SMILES string of the molecule is C[Si](C)(C)CC(/C=C/c1ccccc1)C[Si](C)(C)C. The van der Waals surface area contributed by atoms with E-state index in [1.165, 1.54) is 17.7 Å². The van der Waals surface area contributed by atoms with E-state index in [4.69, 9.17) is 0 Å². The van der Waals surface area contributed by atoms with Gasteiger partial charge in [-0.25, -0.2) is 0 Å². The Morgan fingerprint density at radius 3 is 1.74 bits per heavy atom. The van der Waals surface area contributed by atoms with Crippen molar-refractivity contribution in [3.63, 3.8) is 0 Å². The molecule has 0 fully saturated rings. The summed E-state index contributed by atoms with van der Waals surface area (Å²) in [6.45, 7) is 14.9. The first-order chi connectivity index (χ1) is 8.66. The zero-order valence-corrected chi connectivity index (χ0v) is 15.5. The molecule has 0 aliphatic heterocycles. The second-order valence-electron chi connectivity index (χ2n) is 8.06. The van der Waals surface area contributed by atoms with E-state index in [0.717, 1.165) is 5.92 Å². The summed E-state index contributed by atoms with van der Waals surface area (Å²) >= 11 is 0. The van der Waals surface area contributed by atoms with E-state index >= 15 is 0 Å². The molecular formula is C17H30Si2.